The molecule has 8 nitrogen and oxygen atoms in total. The number of anilines is 1. The van der Waals surface area contributed by atoms with Crippen molar-refractivity contribution in [1.82, 2.24) is 10.3 Å². The molecule has 0 saturated carbocycles. The van der Waals surface area contributed by atoms with Gasteiger partial charge in [0.15, 0.2) is 0 Å². The van der Waals surface area contributed by atoms with Crippen molar-refractivity contribution in [1.29, 1.82) is 0 Å². The normalized spacial score (nSPS) is 11.2. The number of amides is 2. The third-order valence-corrected chi connectivity index (χ3v) is 6.88. The number of carbonyl (C=O) groups excluding carboxylic acids is 2. The molecule has 0 fully saturated rings. The Labute approximate surface area is 233 Å². The van der Waals surface area contributed by atoms with Gasteiger partial charge in [-0.05, 0) is 72.3 Å². The van der Waals surface area contributed by atoms with Crippen LogP contribution in [0.1, 0.15) is 21.5 Å². The molecule has 0 saturated heterocycles. The highest BCUT2D eigenvalue weighted by Gasteiger charge is 2.15. The highest BCUT2D eigenvalue weighted by Crippen LogP contribution is 2.26. The van der Waals surface area contributed by atoms with Crippen LogP contribution in [0.15, 0.2) is 123 Å². The minimum atomic E-state index is -0.492. The van der Waals surface area contributed by atoms with Crippen LogP contribution in [0.2, 0.25) is 0 Å². The first-order chi connectivity index (χ1) is 19.4. The number of carbonyl (C=O) groups is 2. The van der Waals surface area contributed by atoms with Gasteiger partial charge in [-0.15, -0.1) is 11.8 Å². The number of thioether (sulfide) groups is 1. The highest BCUT2D eigenvalue weighted by molar-refractivity contribution is 7.98. The lowest BCUT2D eigenvalue weighted by Gasteiger charge is -2.12. The number of nitrogens with one attached hydrogen (secondary N) is 2. The van der Waals surface area contributed by atoms with E-state index in [9.17, 15) is 19.5 Å². The van der Waals surface area contributed by atoms with E-state index in [-0.39, 0.29) is 11.4 Å². The van der Waals surface area contributed by atoms with E-state index in [4.69, 9.17) is 4.42 Å². The van der Waals surface area contributed by atoms with E-state index in [1.54, 1.807) is 85.2 Å². The maximum absolute atomic E-state index is 13.2. The van der Waals surface area contributed by atoms with E-state index in [0.717, 1.165) is 10.3 Å². The topological polar surface area (TPSA) is 122 Å². The van der Waals surface area contributed by atoms with Crippen molar-refractivity contribution in [2.75, 3.05) is 5.32 Å². The molecule has 2 amide bonds. The molecule has 0 radical (unpaired) electrons. The first kappa shape index (κ1) is 26.5. The molecule has 0 aliphatic rings. The number of phenols is 1. The molecule has 0 unspecified atom stereocenters. The van der Waals surface area contributed by atoms with Gasteiger partial charge in [-0.3, -0.25) is 14.6 Å². The summed E-state index contributed by atoms with van der Waals surface area (Å²) in [6.45, 7) is 0. The Morgan fingerprint density at radius 2 is 1.75 bits per heavy atom. The van der Waals surface area contributed by atoms with Gasteiger partial charge >= 0.3 is 5.63 Å². The van der Waals surface area contributed by atoms with Crippen LogP contribution < -0.4 is 16.3 Å². The SMILES string of the molecule is O=C(Nc1ccc(SCc2cc3ccc(O)cc3oc2=O)cc1)/C(=C/c1cccnc1)NC(=O)c1ccccc1. The molecule has 5 aromatic rings. The predicted octanol–water partition coefficient (Wildman–Crippen LogP) is 5.60. The number of rotatable bonds is 8. The minimum absolute atomic E-state index is 0.0308. The van der Waals surface area contributed by atoms with Crippen LogP contribution in [-0.2, 0) is 10.5 Å². The van der Waals surface area contributed by atoms with Crippen molar-refractivity contribution in [3.63, 3.8) is 0 Å². The Bertz CT molecular complexity index is 1750. The van der Waals surface area contributed by atoms with Gasteiger partial charge in [-0.2, -0.15) is 0 Å². The fraction of sp³-hybridized carbons (Fsp3) is 0.0323. The van der Waals surface area contributed by atoms with Gasteiger partial charge in [0.2, 0.25) is 0 Å². The molecule has 0 atom stereocenters. The number of aromatic nitrogens is 1. The second-order valence-corrected chi connectivity index (χ2v) is 9.76. The molecule has 40 heavy (non-hydrogen) atoms. The summed E-state index contributed by atoms with van der Waals surface area (Å²) in [6, 6.07) is 25.7. The molecule has 0 bridgehead atoms. The zero-order valence-corrected chi connectivity index (χ0v) is 21.9. The average Bonchev–Trinajstić information content (AvgIpc) is 2.97. The monoisotopic (exact) mass is 549 g/mol. The van der Waals surface area contributed by atoms with E-state index >= 15 is 0 Å². The van der Waals surface area contributed by atoms with E-state index in [2.05, 4.69) is 15.6 Å². The van der Waals surface area contributed by atoms with Crippen LogP contribution in [0.5, 0.6) is 5.75 Å². The molecule has 0 aliphatic carbocycles. The van der Waals surface area contributed by atoms with Crippen molar-refractivity contribution in [3.8, 4) is 5.75 Å². The van der Waals surface area contributed by atoms with Crippen LogP contribution in [0.3, 0.4) is 0 Å². The second kappa shape index (κ2) is 12.1. The van der Waals surface area contributed by atoms with Gasteiger partial charge in [0, 0.05) is 51.3 Å². The van der Waals surface area contributed by atoms with Crippen molar-refractivity contribution in [2.24, 2.45) is 0 Å². The average molecular weight is 550 g/mol. The Morgan fingerprint density at radius 3 is 2.50 bits per heavy atom. The van der Waals surface area contributed by atoms with Crippen LogP contribution in [0, 0.1) is 0 Å². The maximum Gasteiger partial charge on any atom is 0.340 e. The molecule has 3 aromatic carbocycles. The Morgan fingerprint density at radius 1 is 0.950 bits per heavy atom. The fourth-order valence-corrected chi connectivity index (χ4v) is 4.66. The number of hydrogen-bond donors (Lipinski definition) is 3. The second-order valence-electron chi connectivity index (χ2n) is 8.71. The summed E-state index contributed by atoms with van der Waals surface area (Å²) in [5.41, 5.74) is 2.05. The Balaban J connectivity index is 1.27. The summed E-state index contributed by atoms with van der Waals surface area (Å²) in [7, 11) is 0. The molecular formula is C31H23N3O5S. The molecule has 0 spiro atoms. The first-order valence-electron chi connectivity index (χ1n) is 12.2. The molecule has 3 N–H and O–H groups in total. The number of benzene rings is 3. The Kier molecular flexibility index (Phi) is 8.03. The quantitative estimate of drug-likeness (QED) is 0.131. The summed E-state index contributed by atoms with van der Waals surface area (Å²) >= 11 is 1.44. The molecular weight excluding hydrogens is 526 g/mol. The zero-order valence-electron chi connectivity index (χ0n) is 21.0. The van der Waals surface area contributed by atoms with Gasteiger partial charge in [0.25, 0.3) is 11.8 Å². The van der Waals surface area contributed by atoms with E-state index < -0.39 is 17.4 Å². The van der Waals surface area contributed by atoms with Crippen molar-refractivity contribution >= 4 is 46.3 Å². The van der Waals surface area contributed by atoms with Crippen molar-refractivity contribution in [3.05, 3.63) is 136 Å². The van der Waals surface area contributed by atoms with Crippen molar-refractivity contribution in [2.45, 2.75) is 10.6 Å². The number of aromatic hydroxyl groups is 1. The van der Waals surface area contributed by atoms with Crippen LogP contribution >= 0.6 is 11.8 Å². The lowest BCUT2D eigenvalue weighted by atomic mass is 10.2. The highest BCUT2D eigenvalue weighted by atomic mass is 32.2. The van der Waals surface area contributed by atoms with Crippen LogP contribution in [0.25, 0.3) is 17.0 Å². The summed E-state index contributed by atoms with van der Waals surface area (Å²) in [6.07, 6.45) is 4.77. The molecule has 9 heteroatoms. The first-order valence-corrected chi connectivity index (χ1v) is 13.2. The summed E-state index contributed by atoms with van der Waals surface area (Å²) in [5.74, 6) is -0.488. The third kappa shape index (κ3) is 6.64. The molecule has 5 rings (SSSR count). The van der Waals surface area contributed by atoms with Gasteiger partial charge in [-0.1, -0.05) is 24.3 Å². The smallest absolute Gasteiger partial charge is 0.340 e. The predicted molar refractivity (Wildman–Crippen MR) is 155 cm³/mol. The van der Waals surface area contributed by atoms with E-state index in [1.807, 2.05) is 12.1 Å². The number of fused-ring (bicyclic) bond motifs is 1. The lowest BCUT2D eigenvalue weighted by molar-refractivity contribution is -0.113. The third-order valence-electron chi connectivity index (χ3n) is 5.82. The summed E-state index contributed by atoms with van der Waals surface area (Å²) in [4.78, 5) is 43.2. The van der Waals surface area contributed by atoms with Gasteiger partial charge in [0.05, 0.1) is 0 Å². The van der Waals surface area contributed by atoms with Crippen LogP contribution in [0.4, 0.5) is 5.69 Å². The number of phenolic OH excluding ortho intramolecular Hbond substituents is 1. The molecule has 0 aliphatic heterocycles. The summed E-state index contributed by atoms with van der Waals surface area (Å²) < 4.78 is 5.33. The standard InChI is InChI=1S/C31H23N3O5S/c35-25-11-8-22-16-23(31(38)39-28(22)17-25)19-40-26-12-9-24(10-13-26)33-30(37)27(15-20-5-4-14-32-18-20)34-29(36)21-6-2-1-3-7-21/h1-18,35H,19H2,(H,33,37)(H,34,36)/b27-15-. The van der Waals surface area contributed by atoms with E-state index in [0.29, 0.717) is 33.7 Å². The van der Waals surface area contributed by atoms with Gasteiger partial charge in [-0.25, -0.2) is 4.79 Å². The fourth-order valence-electron chi connectivity index (χ4n) is 3.81. The van der Waals surface area contributed by atoms with Crippen LogP contribution in [-0.4, -0.2) is 21.9 Å². The summed E-state index contributed by atoms with van der Waals surface area (Å²) in [5, 5.41) is 15.8. The molecule has 198 valence electrons. The largest absolute Gasteiger partial charge is 0.508 e. The van der Waals surface area contributed by atoms with Gasteiger partial charge in [0.1, 0.15) is 17.0 Å². The lowest BCUT2D eigenvalue weighted by Crippen LogP contribution is -2.30. The zero-order chi connectivity index (χ0) is 27.9. The number of nitrogens with zero attached hydrogens (tertiary/aromatic N) is 1. The Hall–Kier alpha value is -5.15. The van der Waals surface area contributed by atoms with E-state index in [1.165, 1.54) is 23.9 Å². The maximum atomic E-state index is 13.2. The number of hydrogen-bond acceptors (Lipinski definition) is 7. The number of pyridine rings is 1. The molecule has 2 aromatic heterocycles. The molecule has 2 heterocycles. The minimum Gasteiger partial charge on any atom is -0.508 e. The van der Waals surface area contributed by atoms with Gasteiger partial charge < -0.3 is 20.2 Å². The van der Waals surface area contributed by atoms with Crippen molar-refractivity contribution < 1.29 is 19.1 Å².